The maximum absolute atomic E-state index is 11.1. The van der Waals surface area contributed by atoms with Crippen molar-refractivity contribution >= 4 is 19.9 Å². The maximum atomic E-state index is 11.1. The molecule has 3 aromatic carbocycles. The number of hydrogen-bond donors (Lipinski definition) is 1. The lowest BCUT2D eigenvalue weighted by Gasteiger charge is -2.32. The van der Waals surface area contributed by atoms with Gasteiger partial charge >= 0.3 is 5.97 Å². The minimum absolute atomic E-state index is 0.0486. The monoisotopic (exact) mass is 508 g/mol. The Bertz CT molecular complexity index is 1380. The third kappa shape index (κ3) is 6.42. The van der Waals surface area contributed by atoms with Gasteiger partial charge in [0.15, 0.2) is 0 Å². The van der Waals surface area contributed by atoms with Crippen LogP contribution in [0.2, 0.25) is 19.1 Å². The van der Waals surface area contributed by atoms with Crippen LogP contribution in [0.15, 0.2) is 72.8 Å². The van der Waals surface area contributed by atoms with Gasteiger partial charge in [-0.3, -0.25) is 0 Å². The van der Waals surface area contributed by atoms with Crippen LogP contribution in [-0.2, 0) is 5.41 Å². The number of allylic oxidation sites excluding steroid dienone is 1. The molecule has 190 valence electrons. The van der Waals surface area contributed by atoms with E-state index in [2.05, 4.69) is 101 Å². The fraction of sp³-hybridized carbons (Fsp3) is 0.303. The molecule has 0 spiro atoms. The van der Waals surface area contributed by atoms with E-state index in [0.717, 1.165) is 29.3 Å². The summed E-state index contributed by atoms with van der Waals surface area (Å²) in [6.07, 6.45) is 3.32. The van der Waals surface area contributed by atoms with E-state index in [1.165, 1.54) is 22.3 Å². The van der Waals surface area contributed by atoms with Crippen LogP contribution < -0.4 is 4.43 Å². The fourth-order valence-electron chi connectivity index (χ4n) is 5.17. The molecule has 1 aliphatic carbocycles. The molecule has 0 saturated carbocycles. The predicted octanol–water partition coefficient (Wildman–Crippen LogP) is 8.14. The highest BCUT2D eigenvalue weighted by molar-refractivity contribution is 6.71. The highest BCUT2D eigenvalue weighted by Crippen LogP contribution is 2.42. The van der Waals surface area contributed by atoms with Crippen LogP contribution in [0.5, 0.6) is 5.75 Å². The topological polar surface area (TPSA) is 46.5 Å². The van der Waals surface area contributed by atoms with Gasteiger partial charge in [-0.05, 0) is 108 Å². The number of rotatable bonds is 6. The van der Waals surface area contributed by atoms with Crippen molar-refractivity contribution in [1.29, 1.82) is 0 Å². The van der Waals surface area contributed by atoms with E-state index in [0.29, 0.717) is 5.92 Å². The molecule has 3 nitrogen and oxygen atoms in total. The summed E-state index contributed by atoms with van der Waals surface area (Å²) in [5.41, 5.74) is 6.99. The number of aromatic carboxylic acids is 1. The van der Waals surface area contributed by atoms with Crippen molar-refractivity contribution < 1.29 is 14.3 Å². The van der Waals surface area contributed by atoms with E-state index in [9.17, 15) is 4.79 Å². The standard InChI is InChI=1S/C33H36O3Si/c1-23(2)22-37(5,6)36-28-16-14-26(15-17-28)29-19-20-33(3,4)31-18-11-25(21-30(29)31)8-7-24-9-12-27(13-10-24)32(34)35/h9-19,21,23H,20,22H2,1-6H3,(H,34,35). The van der Waals surface area contributed by atoms with E-state index < -0.39 is 14.3 Å². The highest BCUT2D eigenvalue weighted by atomic mass is 28.4. The van der Waals surface area contributed by atoms with E-state index in [-0.39, 0.29) is 11.0 Å². The minimum atomic E-state index is -1.75. The molecule has 4 heteroatoms. The molecule has 1 aliphatic rings. The molecule has 0 aliphatic heterocycles. The normalized spacial score (nSPS) is 14.3. The summed E-state index contributed by atoms with van der Waals surface area (Å²) in [6, 6.07) is 22.8. The number of hydrogen-bond acceptors (Lipinski definition) is 2. The van der Waals surface area contributed by atoms with Crippen molar-refractivity contribution in [1.82, 2.24) is 0 Å². The smallest absolute Gasteiger partial charge is 0.335 e. The van der Waals surface area contributed by atoms with Gasteiger partial charge in [0.1, 0.15) is 5.75 Å². The second-order valence-corrected chi connectivity index (χ2v) is 15.7. The zero-order chi connectivity index (χ0) is 26.8. The van der Waals surface area contributed by atoms with Crippen LogP contribution in [0.3, 0.4) is 0 Å². The van der Waals surface area contributed by atoms with E-state index in [1.54, 1.807) is 24.3 Å². The first-order valence-electron chi connectivity index (χ1n) is 12.9. The number of fused-ring (bicyclic) bond motifs is 1. The van der Waals surface area contributed by atoms with Crippen LogP contribution in [0.4, 0.5) is 0 Å². The van der Waals surface area contributed by atoms with Gasteiger partial charge < -0.3 is 9.53 Å². The lowest BCUT2D eigenvalue weighted by Crippen LogP contribution is -2.35. The van der Waals surface area contributed by atoms with Crippen LogP contribution in [0, 0.1) is 17.8 Å². The zero-order valence-corrected chi connectivity index (χ0v) is 23.7. The Morgan fingerprint density at radius 1 is 0.973 bits per heavy atom. The summed E-state index contributed by atoms with van der Waals surface area (Å²) in [5.74, 6) is 7.10. The summed E-state index contributed by atoms with van der Waals surface area (Å²) in [4.78, 5) is 11.1. The first-order chi connectivity index (χ1) is 17.4. The van der Waals surface area contributed by atoms with Crippen molar-refractivity contribution in [2.24, 2.45) is 5.92 Å². The third-order valence-corrected chi connectivity index (χ3v) is 9.39. The molecule has 0 unspecified atom stereocenters. The van der Waals surface area contributed by atoms with Crippen LogP contribution in [0.1, 0.15) is 72.3 Å². The number of benzene rings is 3. The van der Waals surface area contributed by atoms with Crippen molar-refractivity contribution in [3.05, 3.63) is 106 Å². The molecule has 0 amide bonds. The lowest BCUT2D eigenvalue weighted by molar-refractivity contribution is 0.0697. The summed E-state index contributed by atoms with van der Waals surface area (Å²) in [5, 5.41) is 9.11. The summed E-state index contributed by atoms with van der Waals surface area (Å²) < 4.78 is 6.44. The molecular weight excluding hydrogens is 472 g/mol. The molecule has 4 rings (SSSR count). The van der Waals surface area contributed by atoms with Gasteiger partial charge in [0, 0.05) is 11.1 Å². The molecule has 0 radical (unpaired) electrons. The Morgan fingerprint density at radius 2 is 1.59 bits per heavy atom. The number of carboxylic acid groups (broad SMARTS) is 1. The van der Waals surface area contributed by atoms with Crippen molar-refractivity contribution in [3.63, 3.8) is 0 Å². The zero-order valence-electron chi connectivity index (χ0n) is 22.7. The van der Waals surface area contributed by atoms with Gasteiger partial charge in [0.2, 0.25) is 8.32 Å². The second-order valence-electron chi connectivity index (χ2n) is 11.6. The van der Waals surface area contributed by atoms with Gasteiger partial charge in [0.25, 0.3) is 0 Å². The quantitative estimate of drug-likeness (QED) is 0.270. The number of carbonyl (C=O) groups is 1. The highest BCUT2D eigenvalue weighted by Gasteiger charge is 2.29. The van der Waals surface area contributed by atoms with Crippen LogP contribution in [0.25, 0.3) is 5.57 Å². The van der Waals surface area contributed by atoms with Crippen LogP contribution in [-0.4, -0.2) is 19.4 Å². The van der Waals surface area contributed by atoms with Gasteiger partial charge in [-0.25, -0.2) is 4.79 Å². The second kappa shape index (κ2) is 10.4. The van der Waals surface area contributed by atoms with Crippen molar-refractivity contribution in [2.45, 2.75) is 58.7 Å². The average molecular weight is 509 g/mol. The predicted molar refractivity (Wildman–Crippen MR) is 155 cm³/mol. The SMILES string of the molecule is CC(C)C[Si](C)(C)Oc1ccc(C2=CCC(C)(C)c3ccc(C#Cc4ccc(C(=O)O)cc4)cc32)cc1. The molecule has 1 N–H and O–H groups in total. The first kappa shape index (κ1) is 26.5. The van der Waals surface area contributed by atoms with Gasteiger partial charge in [-0.2, -0.15) is 0 Å². The molecule has 0 heterocycles. The van der Waals surface area contributed by atoms with Crippen molar-refractivity contribution in [3.8, 4) is 17.6 Å². The first-order valence-corrected chi connectivity index (χ1v) is 16.0. The minimum Gasteiger partial charge on any atom is -0.544 e. The molecule has 0 fully saturated rings. The average Bonchev–Trinajstić information content (AvgIpc) is 2.82. The molecule has 0 saturated heterocycles. The summed E-state index contributed by atoms with van der Waals surface area (Å²) >= 11 is 0. The molecule has 0 atom stereocenters. The Balaban J connectivity index is 1.62. The third-order valence-electron chi connectivity index (χ3n) is 6.80. The summed E-state index contributed by atoms with van der Waals surface area (Å²) in [7, 11) is -1.75. The Hall–Kier alpha value is -3.55. The van der Waals surface area contributed by atoms with Gasteiger partial charge in [0.05, 0.1) is 5.56 Å². The van der Waals surface area contributed by atoms with E-state index in [4.69, 9.17) is 9.53 Å². The van der Waals surface area contributed by atoms with E-state index >= 15 is 0 Å². The van der Waals surface area contributed by atoms with Gasteiger partial charge in [-0.1, -0.05) is 63.8 Å². The Morgan fingerprint density at radius 3 is 2.22 bits per heavy atom. The van der Waals surface area contributed by atoms with E-state index in [1.807, 2.05) is 0 Å². The Labute approximate surface area is 222 Å². The van der Waals surface area contributed by atoms with Crippen LogP contribution >= 0.6 is 0 Å². The largest absolute Gasteiger partial charge is 0.544 e. The number of carboxylic acids is 1. The lowest BCUT2D eigenvalue weighted by atomic mass is 9.72. The molecular formula is C33H36O3Si. The molecule has 37 heavy (non-hydrogen) atoms. The molecule has 3 aromatic rings. The van der Waals surface area contributed by atoms with Crippen molar-refractivity contribution in [2.75, 3.05) is 0 Å². The Kier molecular flexibility index (Phi) is 7.48. The molecule has 0 bridgehead atoms. The molecule has 0 aromatic heterocycles. The van der Waals surface area contributed by atoms with Gasteiger partial charge in [-0.15, -0.1) is 0 Å². The maximum Gasteiger partial charge on any atom is 0.335 e. The fourth-order valence-corrected chi connectivity index (χ4v) is 8.00. The summed E-state index contributed by atoms with van der Waals surface area (Å²) in [6.45, 7) is 13.6.